The second-order valence-corrected chi connectivity index (χ2v) is 2.69. The van der Waals surface area contributed by atoms with Crippen molar-refractivity contribution in [3.8, 4) is 0 Å². The Labute approximate surface area is 70.1 Å². The highest BCUT2D eigenvalue weighted by Gasteiger charge is 2.22. The summed E-state index contributed by atoms with van der Waals surface area (Å²) in [7, 11) is 0. The first-order valence-electron chi connectivity index (χ1n) is 3.82. The molecule has 3 nitrogen and oxygen atoms in total. The van der Waals surface area contributed by atoms with E-state index in [1.807, 2.05) is 30.3 Å². The lowest BCUT2D eigenvalue weighted by atomic mass is 10.1. The third-order valence-electron chi connectivity index (χ3n) is 1.81. The van der Waals surface area contributed by atoms with Gasteiger partial charge in [-0.15, -0.1) is 10.5 Å². The average Bonchev–Trinajstić information content (AvgIpc) is 2.54. The average molecular weight is 161 g/mol. The Morgan fingerprint density at radius 2 is 2.00 bits per heavy atom. The van der Waals surface area contributed by atoms with Gasteiger partial charge in [0.05, 0.1) is 0 Å². The van der Waals surface area contributed by atoms with Gasteiger partial charge in [0, 0.05) is 5.56 Å². The minimum absolute atomic E-state index is 0.0221. The van der Waals surface area contributed by atoms with E-state index in [0.717, 1.165) is 11.3 Å². The lowest BCUT2D eigenvalue weighted by Gasteiger charge is -1.89. The zero-order valence-electron chi connectivity index (χ0n) is 6.50. The smallest absolute Gasteiger partial charge is 0.269 e. The summed E-state index contributed by atoms with van der Waals surface area (Å²) >= 11 is 0. The number of carbonyl (C=O) groups excluding carboxylic acids is 1. The number of hydrazine groups is 1. The number of nitrogens with one attached hydrogen (secondary N) is 2. The molecule has 0 aliphatic carbocycles. The number of benzene rings is 1. The minimum Gasteiger partial charge on any atom is -0.269 e. The summed E-state index contributed by atoms with van der Waals surface area (Å²) in [5.41, 5.74) is 4.55. The van der Waals surface area contributed by atoms with E-state index < -0.39 is 0 Å². The van der Waals surface area contributed by atoms with Crippen molar-refractivity contribution in [2.75, 3.05) is 0 Å². The molecule has 0 aromatic heterocycles. The van der Waals surface area contributed by atoms with Crippen molar-refractivity contribution < 1.29 is 9.90 Å². The van der Waals surface area contributed by atoms with Crippen LogP contribution in [0.25, 0.3) is 0 Å². The van der Waals surface area contributed by atoms with Crippen LogP contribution in [0.15, 0.2) is 30.3 Å². The molecule has 1 aliphatic heterocycles. The molecule has 1 aliphatic rings. The van der Waals surface area contributed by atoms with Gasteiger partial charge in [-0.3, -0.25) is 4.79 Å². The van der Waals surface area contributed by atoms with Crippen molar-refractivity contribution in [3.05, 3.63) is 35.9 Å². The molecule has 1 aromatic rings. The molecule has 12 heavy (non-hydrogen) atoms. The van der Waals surface area contributed by atoms with Gasteiger partial charge in [0.25, 0.3) is 5.91 Å². The van der Waals surface area contributed by atoms with E-state index in [1.165, 1.54) is 0 Å². The molecule has 60 valence electrons. The molecule has 1 aromatic carbocycles. The highest BCUT2D eigenvalue weighted by molar-refractivity contribution is 6.09. The lowest BCUT2D eigenvalue weighted by molar-refractivity contribution is -0.503. The van der Waals surface area contributed by atoms with E-state index in [0.29, 0.717) is 6.42 Å². The van der Waals surface area contributed by atoms with Crippen molar-refractivity contribution in [2.45, 2.75) is 6.42 Å². The Morgan fingerprint density at radius 1 is 1.25 bits per heavy atom. The van der Waals surface area contributed by atoms with Crippen molar-refractivity contribution in [3.63, 3.8) is 0 Å². The molecule has 0 unspecified atom stereocenters. The van der Waals surface area contributed by atoms with E-state index >= 15 is 0 Å². The molecule has 2 N–H and O–H groups in total. The van der Waals surface area contributed by atoms with Gasteiger partial charge in [0.1, 0.15) is 6.42 Å². The Hall–Kier alpha value is -1.64. The van der Waals surface area contributed by atoms with Crippen LogP contribution in [0.5, 0.6) is 0 Å². The molecule has 1 amide bonds. The maximum Gasteiger partial charge on any atom is 0.284 e. The van der Waals surface area contributed by atoms with Crippen LogP contribution in [0.2, 0.25) is 0 Å². The zero-order chi connectivity index (χ0) is 8.39. The SMILES string of the molecule is O=C1CC(c2ccccc2)=[NH+]N1. The minimum atomic E-state index is 0.0221. The molecule has 0 spiro atoms. The van der Waals surface area contributed by atoms with Crippen molar-refractivity contribution in [1.82, 2.24) is 5.43 Å². The zero-order valence-corrected chi connectivity index (χ0v) is 6.50. The monoisotopic (exact) mass is 161 g/mol. The number of amides is 1. The summed E-state index contributed by atoms with van der Waals surface area (Å²) in [6.45, 7) is 0. The molecule has 0 radical (unpaired) electrons. The quantitative estimate of drug-likeness (QED) is 0.544. The Kier molecular flexibility index (Phi) is 1.63. The number of carbonyl (C=O) groups is 1. The van der Waals surface area contributed by atoms with Crippen molar-refractivity contribution in [1.29, 1.82) is 0 Å². The fraction of sp³-hybridized carbons (Fsp3) is 0.111. The first kappa shape index (κ1) is 7.03. The van der Waals surface area contributed by atoms with Gasteiger partial charge in [-0.05, 0) is 12.1 Å². The molecule has 0 atom stereocenters. The van der Waals surface area contributed by atoms with E-state index in [1.54, 1.807) is 0 Å². The highest BCUT2D eigenvalue weighted by Crippen LogP contribution is 2.01. The first-order chi connectivity index (χ1) is 5.86. The Bertz CT molecular complexity index is 330. The molecular formula is C9H9N2O+. The summed E-state index contributed by atoms with van der Waals surface area (Å²) in [5, 5.41) is 2.84. The Morgan fingerprint density at radius 3 is 2.58 bits per heavy atom. The summed E-state index contributed by atoms with van der Waals surface area (Å²) in [6, 6.07) is 9.80. The van der Waals surface area contributed by atoms with Crippen LogP contribution >= 0.6 is 0 Å². The third-order valence-corrected chi connectivity index (χ3v) is 1.81. The van der Waals surface area contributed by atoms with Crippen LogP contribution < -0.4 is 10.5 Å². The summed E-state index contributed by atoms with van der Waals surface area (Å²) < 4.78 is 0. The molecule has 3 heteroatoms. The third kappa shape index (κ3) is 1.21. The molecular weight excluding hydrogens is 152 g/mol. The van der Waals surface area contributed by atoms with Crippen LogP contribution in [0.1, 0.15) is 12.0 Å². The summed E-state index contributed by atoms with van der Waals surface area (Å²) in [6.07, 6.45) is 0.448. The van der Waals surface area contributed by atoms with Gasteiger partial charge in [-0.1, -0.05) is 18.2 Å². The van der Waals surface area contributed by atoms with Crippen LogP contribution in [-0.4, -0.2) is 11.6 Å². The van der Waals surface area contributed by atoms with Gasteiger partial charge in [-0.2, -0.15) is 0 Å². The van der Waals surface area contributed by atoms with Gasteiger partial charge in [-0.25, -0.2) is 0 Å². The van der Waals surface area contributed by atoms with Crippen molar-refractivity contribution in [2.24, 2.45) is 0 Å². The van der Waals surface area contributed by atoms with Crippen LogP contribution in [0.3, 0.4) is 0 Å². The largest absolute Gasteiger partial charge is 0.284 e. The second-order valence-electron chi connectivity index (χ2n) is 2.69. The van der Waals surface area contributed by atoms with Crippen LogP contribution in [0.4, 0.5) is 0 Å². The predicted molar refractivity (Wildman–Crippen MR) is 44.3 cm³/mol. The fourth-order valence-corrected chi connectivity index (χ4v) is 1.21. The highest BCUT2D eigenvalue weighted by atomic mass is 16.2. The van der Waals surface area contributed by atoms with Crippen molar-refractivity contribution >= 4 is 11.6 Å². The van der Waals surface area contributed by atoms with Crippen LogP contribution in [-0.2, 0) is 4.79 Å². The number of hydrogen-bond donors (Lipinski definition) is 2. The summed E-state index contributed by atoms with van der Waals surface area (Å²) in [5.74, 6) is 0.0221. The van der Waals surface area contributed by atoms with E-state index in [9.17, 15) is 4.79 Å². The fourth-order valence-electron chi connectivity index (χ4n) is 1.21. The molecule has 0 fully saturated rings. The lowest BCUT2D eigenvalue weighted by Crippen LogP contribution is -2.79. The molecule has 0 saturated carbocycles. The summed E-state index contributed by atoms with van der Waals surface area (Å²) in [4.78, 5) is 10.8. The number of hydrogen-bond acceptors (Lipinski definition) is 1. The van der Waals surface area contributed by atoms with E-state index in [-0.39, 0.29) is 5.91 Å². The van der Waals surface area contributed by atoms with Gasteiger partial charge in [0.2, 0.25) is 5.71 Å². The first-order valence-corrected chi connectivity index (χ1v) is 3.82. The van der Waals surface area contributed by atoms with Gasteiger partial charge < -0.3 is 0 Å². The normalized spacial score (nSPS) is 15.7. The maximum atomic E-state index is 10.8. The van der Waals surface area contributed by atoms with Gasteiger partial charge in [0.15, 0.2) is 0 Å². The molecule has 1 heterocycles. The second kappa shape index (κ2) is 2.77. The van der Waals surface area contributed by atoms with E-state index in [2.05, 4.69) is 10.5 Å². The number of rotatable bonds is 1. The maximum absolute atomic E-state index is 10.8. The Balaban J connectivity index is 2.28. The number of hydrazone groups is 1. The molecule has 2 rings (SSSR count). The van der Waals surface area contributed by atoms with Crippen LogP contribution in [0, 0.1) is 0 Å². The van der Waals surface area contributed by atoms with Gasteiger partial charge >= 0.3 is 0 Å². The molecule has 0 bridgehead atoms. The molecule has 0 saturated heterocycles. The standard InChI is InChI=1S/C9H8N2O/c12-9-6-8(10-11-9)7-4-2-1-3-5-7/h1-5H,6H2,(H,11,12)/p+1. The topological polar surface area (TPSA) is 43.1 Å². The van der Waals surface area contributed by atoms with E-state index in [4.69, 9.17) is 0 Å². The predicted octanol–water partition coefficient (Wildman–Crippen LogP) is -1.01.